The third kappa shape index (κ3) is 1.56. The van der Waals surface area contributed by atoms with Crippen LogP contribution in [0, 0.1) is 5.82 Å². The Bertz CT molecular complexity index is 450. The highest BCUT2D eigenvalue weighted by Crippen LogP contribution is 2.36. The summed E-state index contributed by atoms with van der Waals surface area (Å²) in [5.41, 5.74) is 0. The molecule has 1 aromatic heterocycles. The predicted molar refractivity (Wildman–Crippen MR) is 58.6 cm³/mol. The number of rotatable bonds is 1. The second kappa shape index (κ2) is 3.48. The summed E-state index contributed by atoms with van der Waals surface area (Å²) in [5, 5.41) is 1.25. The lowest BCUT2D eigenvalue weighted by Gasteiger charge is -1.93. The lowest BCUT2D eigenvalue weighted by molar-refractivity contribution is 0.630. The maximum atomic E-state index is 13.0. The van der Waals surface area contributed by atoms with Crippen LogP contribution in [0.1, 0.15) is 0 Å². The molecule has 2 aromatic rings. The average molecular weight is 233 g/mol. The minimum Gasteiger partial charge on any atom is -0.205 e. The number of benzene rings is 1. The molecule has 13 heavy (non-hydrogen) atoms. The first-order chi connectivity index (χ1) is 6.22. The van der Waals surface area contributed by atoms with Gasteiger partial charge in [0.05, 0.1) is 13.9 Å². The van der Waals surface area contributed by atoms with Gasteiger partial charge in [-0.2, -0.15) is 0 Å². The van der Waals surface area contributed by atoms with E-state index in [1.165, 1.54) is 17.4 Å². The van der Waals surface area contributed by atoms with E-state index >= 15 is 0 Å². The lowest BCUT2D eigenvalue weighted by Crippen LogP contribution is -1.73. The Balaban J connectivity index is 2.76. The van der Waals surface area contributed by atoms with E-state index in [-0.39, 0.29) is 10.8 Å². The highest BCUT2D eigenvalue weighted by atomic mass is 35.5. The van der Waals surface area contributed by atoms with Crippen molar-refractivity contribution in [3.8, 4) is 0 Å². The van der Waals surface area contributed by atoms with Crippen LogP contribution in [-0.4, -0.2) is 6.26 Å². The summed E-state index contributed by atoms with van der Waals surface area (Å²) < 4.78 is 15.0. The molecule has 0 fully saturated rings. The average Bonchev–Trinajstić information content (AvgIpc) is 2.55. The molecular weight excluding hydrogens is 227 g/mol. The SMILES string of the molecule is CSc1cc2ccc(F)c(Cl)c2s1. The van der Waals surface area contributed by atoms with Crippen molar-refractivity contribution in [2.45, 2.75) is 4.21 Å². The number of halogens is 2. The summed E-state index contributed by atoms with van der Waals surface area (Å²) in [4.78, 5) is 0. The molecule has 1 aromatic carbocycles. The molecule has 4 heteroatoms. The van der Waals surface area contributed by atoms with Crippen LogP contribution in [0.2, 0.25) is 5.02 Å². The molecule has 0 aliphatic rings. The normalized spacial score (nSPS) is 11.0. The van der Waals surface area contributed by atoms with Gasteiger partial charge in [-0.15, -0.1) is 23.1 Å². The molecule has 0 nitrogen and oxygen atoms in total. The van der Waals surface area contributed by atoms with Crippen LogP contribution in [-0.2, 0) is 0 Å². The molecule has 0 saturated carbocycles. The molecule has 1 heterocycles. The van der Waals surface area contributed by atoms with Crippen LogP contribution < -0.4 is 0 Å². The van der Waals surface area contributed by atoms with Crippen molar-refractivity contribution in [2.75, 3.05) is 6.26 Å². The van der Waals surface area contributed by atoms with Crippen molar-refractivity contribution in [3.63, 3.8) is 0 Å². The summed E-state index contributed by atoms with van der Waals surface area (Å²) in [5.74, 6) is -0.344. The van der Waals surface area contributed by atoms with Gasteiger partial charge < -0.3 is 0 Å². The molecule has 0 spiro atoms. The fraction of sp³-hybridized carbons (Fsp3) is 0.111. The van der Waals surface area contributed by atoms with Gasteiger partial charge in [0.1, 0.15) is 5.82 Å². The predicted octanol–water partition coefficient (Wildman–Crippen LogP) is 4.42. The number of hydrogen-bond acceptors (Lipinski definition) is 2. The van der Waals surface area contributed by atoms with E-state index in [1.54, 1.807) is 17.8 Å². The summed E-state index contributed by atoms with van der Waals surface area (Å²) in [7, 11) is 0. The first kappa shape index (κ1) is 9.31. The summed E-state index contributed by atoms with van der Waals surface area (Å²) in [6.45, 7) is 0. The van der Waals surface area contributed by atoms with E-state index in [0.29, 0.717) is 0 Å². The molecule has 0 bridgehead atoms. The maximum absolute atomic E-state index is 13.0. The molecule has 0 radical (unpaired) electrons. The summed E-state index contributed by atoms with van der Waals surface area (Å²) in [6.07, 6.45) is 2.00. The second-order valence-electron chi connectivity index (χ2n) is 2.55. The van der Waals surface area contributed by atoms with Gasteiger partial charge in [-0.25, -0.2) is 4.39 Å². The highest BCUT2D eigenvalue weighted by Gasteiger charge is 2.08. The van der Waals surface area contributed by atoms with Gasteiger partial charge in [-0.05, 0) is 23.8 Å². The van der Waals surface area contributed by atoms with Crippen molar-refractivity contribution in [2.24, 2.45) is 0 Å². The molecule has 2 rings (SSSR count). The number of hydrogen-bond donors (Lipinski definition) is 0. The molecule has 0 aliphatic carbocycles. The highest BCUT2D eigenvalue weighted by molar-refractivity contribution is 8.00. The van der Waals surface area contributed by atoms with Crippen molar-refractivity contribution in [3.05, 3.63) is 29.0 Å². The first-order valence-corrected chi connectivity index (χ1v) is 6.06. The Morgan fingerprint density at radius 1 is 1.46 bits per heavy atom. The van der Waals surface area contributed by atoms with Gasteiger partial charge in [0, 0.05) is 0 Å². The topological polar surface area (TPSA) is 0 Å². The zero-order chi connectivity index (χ0) is 9.42. The van der Waals surface area contributed by atoms with Crippen LogP contribution in [0.15, 0.2) is 22.4 Å². The van der Waals surface area contributed by atoms with Crippen LogP contribution in [0.25, 0.3) is 10.1 Å². The van der Waals surface area contributed by atoms with Gasteiger partial charge in [-0.1, -0.05) is 17.7 Å². The van der Waals surface area contributed by atoms with E-state index in [4.69, 9.17) is 11.6 Å². The zero-order valence-corrected chi connectivity index (χ0v) is 9.19. The summed E-state index contributed by atoms with van der Waals surface area (Å²) >= 11 is 9.00. The largest absolute Gasteiger partial charge is 0.205 e. The second-order valence-corrected chi connectivity index (χ2v) is 5.09. The first-order valence-electron chi connectivity index (χ1n) is 3.64. The van der Waals surface area contributed by atoms with Crippen LogP contribution in [0.3, 0.4) is 0 Å². The molecule has 0 amide bonds. The Labute approximate surface area is 88.7 Å². The van der Waals surface area contributed by atoms with Crippen LogP contribution in [0.4, 0.5) is 4.39 Å². The smallest absolute Gasteiger partial charge is 0.143 e. The lowest BCUT2D eigenvalue weighted by atomic mass is 10.2. The van der Waals surface area contributed by atoms with Crippen molar-refractivity contribution >= 4 is 44.8 Å². The van der Waals surface area contributed by atoms with Gasteiger partial charge in [0.25, 0.3) is 0 Å². The third-order valence-electron chi connectivity index (χ3n) is 1.76. The Kier molecular flexibility index (Phi) is 2.49. The van der Waals surface area contributed by atoms with E-state index in [2.05, 4.69) is 0 Å². The zero-order valence-electron chi connectivity index (χ0n) is 6.80. The van der Waals surface area contributed by atoms with Crippen molar-refractivity contribution in [1.82, 2.24) is 0 Å². The number of thioether (sulfide) groups is 1. The van der Waals surface area contributed by atoms with E-state index in [9.17, 15) is 4.39 Å². The number of thiophene rings is 1. The standard InChI is InChI=1S/C9H6ClFS2/c1-12-7-4-5-2-3-6(11)8(10)9(5)13-7/h2-4H,1H3. The molecular formula is C9H6ClFS2. The Hall–Kier alpha value is -0.250. The molecule has 0 unspecified atom stereocenters. The molecule has 0 N–H and O–H groups in total. The quantitative estimate of drug-likeness (QED) is 0.656. The molecule has 68 valence electrons. The van der Waals surface area contributed by atoms with Crippen LogP contribution in [0.5, 0.6) is 0 Å². The van der Waals surface area contributed by atoms with Crippen molar-refractivity contribution in [1.29, 1.82) is 0 Å². The Morgan fingerprint density at radius 2 is 2.23 bits per heavy atom. The van der Waals surface area contributed by atoms with E-state index < -0.39 is 0 Å². The van der Waals surface area contributed by atoms with Gasteiger partial charge in [0.15, 0.2) is 0 Å². The molecule has 0 atom stereocenters. The van der Waals surface area contributed by atoms with Crippen LogP contribution >= 0.6 is 34.7 Å². The van der Waals surface area contributed by atoms with E-state index in [1.807, 2.05) is 12.3 Å². The molecule has 0 saturated heterocycles. The fourth-order valence-corrected chi connectivity index (χ4v) is 3.06. The Morgan fingerprint density at radius 3 is 2.92 bits per heavy atom. The monoisotopic (exact) mass is 232 g/mol. The van der Waals surface area contributed by atoms with E-state index in [0.717, 1.165) is 14.3 Å². The third-order valence-corrected chi connectivity index (χ3v) is 4.47. The minimum atomic E-state index is -0.344. The van der Waals surface area contributed by atoms with Gasteiger partial charge >= 0.3 is 0 Å². The summed E-state index contributed by atoms with van der Waals surface area (Å²) in [6, 6.07) is 5.18. The fourth-order valence-electron chi connectivity index (χ4n) is 1.12. The van der Waals surface area contributed by atoms with Gasteiger partial charge in [-0.3, -0.25) is 0 Å². The maximum Gasteiger partial charge on any atom is 0.143 e. The molecule has 0 aliphatic heterocycles. The minimum absolute atomic E-state index is 0.239. The van der Waals surface area contributed by atoms with Crippen molar-refractivity contribution < 1.29 is 4.39 Å². The number of fused-ring (bicyclic) bond motifs is 1. The van der Waals surface area contributed by atoms with Gasteiger partial charge in [0.2, 0.25) is 0 Å².